The Balaban J connectivity index is 0.00000242. The molecule has 114 valence electrons. The first-order chi connectivity index (χ1) is 9.50. The van der Waals surface area contributed by atoms with Gasteiger partial charge in [0.15, 0.2) is 0 Å². The van der Waals surface area contributed by atoms with Gasteiger partial charge in [-0.2, -0.15) is 18.5 Å². The fourth-order valence-electron chi connectivity index (χ4n) is 1.78. The van der Waals surface area contributed by atoms with Crippen LogP contribution in [0.3, 0.4) is 0 Å². The third kappa shape index (κ3) is 3.93. The summed E-state index contributed by atoms with van der Waals surface area (Å²) in [5.41, 5.74) is -0.145. The number of anilines is 1. The van der Waals surface area contributed by atoms with Crippen LogP contribution in [0.5, 0.6) is 0 Å². The third-order valence-corrected chi connectivity index (χ3v) is 4.37. The minimum atomic E-state index is -4.96. The number of rotatable bonds is 3. The van der Waals surface area contributed by atoms with E-state index in [1.807, 2.05) is 0 Å². The molecule has 0 saturated heterocycles. The van der Waals surface area contributed by atoms with Gasteiger partial charge in [-0.25, -0.2) is 8.42 Å². The molecule has 1 aliphatic heterocycles. The number of benzene rings is 1. The molecule has 2 rings (SSSR count). The molecule has 0 atom stereocenters. The maximum atomic E-state index is 11.7. The maximum Gasteiger partial charge on any atom is 1.00 e. The molecule has 0 bridgehead atoms. The van der Waals surface area contributed by atoms with Crippen LogP contribution in [0.25, 0.3) is 0 Å². The van der Waals surface area contributed by atoms with Crippen molar-refractivity contribution in [3.63, 3.8) is 0 Å². The van der Waals surface area contributed by atoms with Crippen molar-refractivity contribution in [1.82, 2.24) is 0 Å². The predicted octanol–water partition coefficient (Wildman–Crippen LogP) is -3.05. The monoisotopic (exact) mass is 356 g/mol. The smallest absolute Gasteiger partial charge is 0.744 e. The van der Waals surface area contributed by atoms with Crippen molar-refractivity contribution in [1.29, 1.82) is 0 Å². The normalized spacial score (nSPS) is 15.5. The summed E-state index contributed by atoms with van der Waals surface area (Å²) in [5.74, 6) is -0.620. The number of hydrogen-bond donors (Lipinski definition) is 1. The van der Waals surface area contributed by atoms with E-state index in [1.54, 1.807) is 0 Å². The van der Waals surface area contributed by atoms with E-state index in [2.05, 4.69) is 5.10 Å². The van der Waals surface area contributed by atoms with Gasteiger partial charge < -0.3 is 4.55 Å². The first-order valence-corrected chi connectivity index (χ1v) is 8.29. The Hall–Kier alpha value is -0.820. The van der Waals surface area contributed by atoms with Gasteiger partial charge in [-0.3, -0.25) is 9.35 Å². The molecule has 0 unspecified atom stereocenters. The van der Waals surface area contributed by atoms with Crippen LogP contribution < -0.4 is 34.6 Å². The molecule has 1 aliphatic rings. The molecule has 1 amide bonds. The van der Waals surface area contributed by atoms with E-state index in [0.717, 1.165) is 6.07 Å². The van der Waals surface area contributed by atoms with Crippen LogP contribution in [0.1, 0.15) is 13.3 Å². The zero-order chi connectivity index (χ0) is 16.0. The van der Waals surface area contributed by atoms with Gasteiger partial charge in [-0.15, -0.1) is 0 Å². The first-order valence-electron chi connectivity index (χ1n) is 5.44. The van der Waals surface area contributed by atoms with E-state index >= 15 is 0 Å². The van der Waals surface area contributed by atoms with Gasteiger partial charge in [-0.05, 0) is 25.1 Å². The average Bonchev–Trinajstić information content (AvgIpc) is 2.65. The summed E-state index contributed by atoms with van der Waals surface area (Å²) in [6, 6.07) is 2.16. The third-order valence-electron chi connectivity index (χ3n) is 2.64. The summed E-state index contributed by atoms with van der Waals surface area (Å²) in [6.45, 7) is 1.51. The first kappa shape index (κ1) is 19.2. The molecule has 1 N–H and O–H groups in total. The zero-order valence-electron chi connectivity index (χ0n) is 11.5. The Kier molecular flexibility index (Phi) is 5.55. The van der Waals surface area contributed by atoms with Gasteiger partial charge in [0.1, 0.15) is 10.1 Å². The fourth-order valence-corrected chi connectivity index (χ4v) is 2.92. The van der Waals surface area contributed by atoms with E-state index in [4.69, 9.17) is 4.55 Å². The second-order valence-electron chi connectivity index (χ2n) is 4.28. The molecule has 0 fully saturated rings. The largest absolute Gasteiger partial charge is 1.00 e. The summed E-state index contributed by atoms with van der Waals surface area (Å²) < 4.78 is 64.8. The molecule has 9 nitrogen and oxygen atoms in total. The standard InChI is InChI=1S/C10H10N2O7S2.Na/c1-6-4-10(13)12(11-6)8-5-7(20(14,15)16)2-3-9(8)21(17,18)19;/h2-3,5H,4H2,1H3,(H,14,15,16)(H,17,18,19);/q;+1/p-1. The van der Waals surface area contributed by atoms with E-state index < -0.39 is 41.6 Å². The van der Waals surface area contributed by atoms with Crippen LogP contribution in [0.2, 0.25) is 0 Å². The van der Waals surface area contributed by atoms with E-state index in [0.29, 0.717) is 22.9 Å². The van der Waals surface area contributed by atoms with Gasteiger partial charge in [0.25, 0.3) is 16.0 Å². The van der Waals surface area contributed by atoms with Gasteiger partial charge >= 0.3 is 29.6 Å². The summed E-state index contributed by atoms with van der Waals surface area (Å²) in [7, 11) is -9.60. The van der Waals surface area contributed by atoms with Crippen LogP contribution in [-0.2, 0) is 25.0 Å². The molecule has 12 heteroatoms. The SMILES string of the molecule is CC1=NN(c2cc(S(=O)(=O)O)ccc2S(=O)(=O)[O-])C(=O)C1.[Na+]. The molecule has 1 aromatic carbocycles. The number of carbonyl (C=O) groups is 1. The van der Waals surface area contributed by atoms with Crippen molar-refractivity contribution in [3.8, 4) is 0 Å². The molecular formula is C10H9N2NaO7S2. The average molecular weight is 356 g/mol. The van der Waals surface area contributed by atoms with Crippen LogP contribution in [0, 0.1) is 0 Å². The summed E-state index contributed by atoms with van der Waals surface area (Å²) in [6.07, 6.45) is -0.0888. The Bertz CT molecular complexity index is 861. The molecule has 1 aromatic rings. The number of nitrogens with zero attached hydrogens (tertiary/aromatic N) is 2. The molecule has 0 aromatic heterocycles. The predicted molar refractivity (Wildman–Crippen MR) is 69.4 cm³/mol. The summed E-state index contributed by atoms with van der Waals surface area (Å²) in [5, 5.41) is 4.39. The zero-order valence-corrected chi connectivity index (χ0v) is 15.2. The Morgan fingerprint density at radius 1 is 1.27 bits per heavy atom. The number of hydrazone groups is 1. The molecule has 1 heterocycles. The minimum absolute atomic E-state index is 0. The Morgan fingerprint density at radius 3 is 2.27 bits per heavy atom. The van der Waals surface area contributed by atoms with Crippen molar-refractivity contribution in [2.24, 2.45) is 5.10 Å². The molecule has 0 spiro atoms. The number of amides is 1. The molecule has 0 aliphatic carbocycles. The molecule has 0 saturated carbocycles. The van der Waals surface area contributed by atoms with Gasteiger partial charge in [0.05, 0.1) is 21.9 Å². The van der Waals surface area contributed by atoms with Crippen LogP contribution in [0.4, 0.5) is 5.69 Å². The molecular weight excluding hydrogens is 347 g/mol. The van der Waals surface area contributed by atoms with Crippen molar-refractivity contribution < 1.29 is 60.3 Å². The van der Waals surface area contributed by atoms with E-state index in [9.17, 15) is 26.2 Å². The topological polar surface area (TPSA) is 144 Å². The second-order valence-corrected chi connectivity index (χ2v) is 7.05. The number of hydrogen-bond acceptors (Lipinski definition) is 7. The van der Waals surface area contributed by atoms with Gasteiger partial charge in [0.2, 0.25) is 0 Å². The van der Waals surface area contributed by atoms with Gasteiger partial charge in [0, 0.05) is 5.71 Å². The second kappa shape index (κ2) is 6.35. The van der Waals surface area contributed by atoms with Crippen molar-refractivity contribution in [2.45, 2.75) is 23.1 Å². The minimum Gasteiger partial charge on any atom is -0.744 e. The fraction of sp³-hybridized carbons (Fsp3) is 0.200. The summed E-state index contributed by atoms with van der Waals surface area (Å²) >= 11 is 0. The number of carbonyl (C=O) groups excluding carboxylic acids is 1. The molecule has 0 radical (unpaired) electrons. The summed E-state index contributed by atoms with van der Waals surface area (Å²) in [4.78, 5) is 10.3. The van der Waals surface area contributed by atoms with Crippen LogP contribution in [0.15, 0.2) is 33.1 Å². The Morgan fingerprint density at radius 2 is 1.86 bits per heavy atom. The van der Waals surface area contributed by atoms with E-state index in [-0.39, 0.29) is 36.0 Å². The van der Waals surface area contributed by atoms with E-state index in [1.165, 1.54) is 6.92 Å². The Labute approximate surface area is 148 Å². The van der Waals surface area contributed by atoms with Crippen molar-refractivity contribution in [2.75, 3.05) is 5.01 Å². The maximum absolute atomic E-state index is 11.7. The van der Waals surface area contributed by atoms with Crippen molar-refractivity contribution in [3.05, 3.63) is 18.2 Å². The van der Waals surface area contributed by atoms with Crippen molar-refractivity contribution >= 4 is 37.5 Å². The quantitative estimate of drug-likeness (QED) is 0.447. The van der Waals surface area contributed by atoms with Crippen LogP contribution >= 0.6 is 0 Å². The van der Waals surface area contributed by atoms with Gasteiger partial charge in [-0.1, -0.05) is 0 Å². The van der Waals surface area contributed by atoms with Crippen LogP contribution in [-0.4, -0.2) is 37.6 Å². The molecule has 22 heavy (non-hydrogen) atoms.